The van der Waals surface area contributed by atoms with Gasteiger partial charge in [0.15, 0.2) is 0 Å². The molecule has 0 saturated heterocycles. The lowest BCUT2D eigenvalue weighted by molar-refractivity contribution is -0.138. The second-order valence-electron chi connectivity index (χ2n) is 4.79. The summed E-state index contributed by atoms with van der Waals surface area (Å²) in [7, 11) is 1.75. The second-order valence-corrected chi connectivity index (χ2v) is 4.79. The zero-order valence-corrected chi connectivity index (χ0v) is 11.3. The molecule has 2 unspecified atom stereocenters. The van der Waals surface area contributed by atoms with Gasteiger partial charge < -0.3 is 10.2 Å². The highest BCUT2D eigenvalue weighted by Crippen LogP contribution is 2.20. The van der Waals surface area contributed by atoms with Crippen LogP contribution >= 0.6 is 0 Å². The van der Waals surface area contributed by atoms with E-state index in [0.717, 1.165) is 19.4 Å². The van der Waals surface area contributed by atoms with Gasteiger partial charge in [0.2, 0.25) is 0 Å². The largest absolute Gasteiger partial charge is 0.390 e. The van der Waals surface area contributed by atoms with Gasteiger partial charge in [-0.25, -0.2) is 0 Å². The number of nitrogens with one attached hydrogen (secondary N) is 1. The smallest absolute Gasteiger partial charge is 0.314 e. The molecule has 0 aromatic heterocycles. The topological polar surface area (TPSA) is 15.3 Å². The van der Waals surface area contributed by atoms with Crippen LogP contribution in [0.2, 0.25) is 0 Å². The number of nitrogens with zero attached hydrogens (tertiary/aromatic N) is 1. The zero-order valence-electron chi connectivity index (χ0n) is 11.3. The van der Waals surface area contributed by atoms with Crippen molar-refractivity contribution < 1.29 is 13.2 Å². The maximum atomic E-state index is 12.1. The zero-order chi connectivity index (χ0) is 13.5. The molecule has 1 N–H and O–H groups in total. The summed E-state index contributed by atoms with van der Waals surface area (Å²) in [6.07, 6.45) is -2.85. The van der Waals surface area contributed by atoms with Gasteiger partial charge in [0.25, 0.3) is 0 Å². The predicted octanol–water partition coefficient (Wildman–Crippen LogP) is 3.04. The van der Waals surface area contributed by atoms with Gasteiger partial charge in [-0.1, -0.05) is 6.92 Å². The van der Waals surface area contributed by atoms with Crippen LogP contribution in [0, 0.1) is 0 Å². The van der Waals surface area contributed by atoms with E-state index in [0.29, 0.717) is 6.04 Å². The first-order valence-corrected chi connectivity index (χ1v) is 6.26. The lowest BCUT2D eigenvalue weighted by Gasteiger charge is -2.27. The fourth-order valence-corrected chi connectivity index (χ4v) is 1.69. The summed E-state index contributed by atoms with van der Waals surface area (Å²) < 4.78 is 36.2. The molecule has 0 aliphatic rings. The molecule has 0 heterocycles. The molecule has 17 heavy (non-hydrogen) atoms. The summed E-state index contributed by atoms with van der Waals surface area (Å²) in [5.74, 6) is 0. The van der Waals surface area contributed by atoms with Crippen LogP contribution in [-0.2, 0) is 0 Å². The monoisotopic (exact) mass is 254 g/mol. The van der Waals surface area contributed by atoms with Crippen molar-refractivity contribution in [3.05, 3.63) is 0 Å². The summed E-state index contributed by atoms with van der Waals surface area (Å²) in [5, 5.41) is 3.34. The van der Waals surface area contributed by atoms with Crippen LogP contribution in [-0.4, -0.2) is 43.3 Å². The Morgan fingerprint density at radius 1 is 1.24 bits per heavy atom. The van der Waals surface area contributed by atoms with E-state index in [1.807, 2.05) is 6.92 Å². The van der Waals surface area contributed by atoms with E-state index in [4.69, 9.17) is 0 Å². The Kier molecular flexibility index (Phi) is 7.79. The molecule has 0 amide bonds. The van der Waals surface area contributed by atoms with Gasteiger partial charge in [-0.2, -0.15) is 13.2 Å². The maximum Gasteiger partial charge on any atom is 0.390 e. The molecule has 0 aromatic carbocycles. The average molecular weight is 254 g/mol. The quantitative estimate of drug-likeness (QED) is 0.716. The van der Waals surface area contributed by atoms with Crippen molar-refractivity contribution in [3.63, 3.8) is 0 Å². The van der Waals surface area contributed by atoms with E-state index in [2.05, 4.69) is 19.2 Å². The number of halogens is 3. The van der Waals surface area contributed by atoms with Gasteiger partial charge in [0.1, 0.15) is 0 Å². The van der Waals surface area contributed by atoms with Crippen molar-refractivity contribution in [1.29, 1.82) is 0 Å². The Morgan fingerprint density at radius 2 is 1.82 bits per heavy atom. The van der Waals surface area contributed by atoms with Crippen LogP contribution in [0.5, 0.6) is 0 Å². The first-order chi connectivity index (χ1) is 7.76. The molecule has 0 saturated carbocycles. The van der Waals surface area contributed by atoms with E-state index in [9.17, 15) is 13.2 Å². The molecule has 0 bridgehead atoms. The van der Waals surface area contributed by atoms with Crippen LogP contribution < -0.4 is 5.32 Å². The highest BCUT2D eigenvalue weighted by molar-refractivity contribution is 4.71. The van der Waals surface area contributed by atoms with Gasteiger partial charge in [0.05, 0.1) is 6.42 Å². The summed E-state index contributed by atoms with van der Waals surface area (Å²) in [6, 6.07) is 0.509. The normalized spacial score (nSPS) is 16.2. The van der Waals surface area contributed by atoms with E-state index in [-0.39, 0.29) is 12.6 Å². The molecule has 104 valence electrons. The summed E-state index contributed by atoms with van der Waals surface area (Å²) in [5.41, 5.74) is 0. The Bertz CT molecular complexity index is 195. The molecular formula is C12H25F3N2. The molecule has 0 aromatic rings. The molecule has 0 spiro atoms. The van der Waals surface area contributed by atoms with Crippen molar-refractivity contribution in [1.82, 2.24) is 10.2 Å². The number of alkyl halides is 3. The lowest BCUT2D eigenvalue weighted by Crippen LogP contribution is -2.38. The van der Waals surface area contributed by atoms with E-state index >= 15 is 0 Å². The fraction of sp³-hybridized carbons (Fsp3) is 1.00. The average Bonchev–Trinajstić information content (AvgIpc) is 2.21. The highest BCUT2D eigenvalue weighted by atomic mass is 19.4. The van der Waals surface area contributed by atoms with Gasteiger partial charge >= 0.3 is 6.18 Å². The molecular weight excluding hydrogens is 229 g/mol. The number of hydrogen-bond acceptors (Lipinski definition) is 2. The predicted molar refractivity (Wildman–Crippen MR) is 65.1 cm³/mol. The third-order valence-corrected chi connectivity index (χ3v) is 2.94. The molecule has 0 aliphatic carbocycles. The minimum absolute atomic E-state index is 0.0746. The van der Waals surface area contributed by atoms with Crippen LogP contribution in [0.25, 0.3) is 0 Å². The fourth-order valence-electron chi connectivity index (χ4n) is 1.69. The molecule has 0 fully saturated rings. The van der Waals surface area contributed by atoms with Crippen LogP contribution in [0.4, 0.5) is 13.2 Å². The van der Waals surface area contributed by atoms with E-state index < -0.39 is 12.6 Å². The maximum absolute atomic E-state index is 12.1. The van der Waals surface area contributed by atoms with Gasteiger partial charge in [-0.15, -0.1) is 0 Å². The summed E-state index contributed by atoms with van der Waals surface area (Å²) in [4.78, 5) is 1.78. The van der Waals surface area contributed by atoms with E-state index in [1.165, 1.54) is 0 Å². The summed E-state index contributed by atoms with van der Waals surface area (Å²) in [6.45, 7) is 7.17. The second kappa shape index (κ2) is 7.93. The Labute approximate surface area is 103 Å². The number of rotatable bonds is 8. The Balaban J connectivity index is 3.84. The van der Waals surface area contributed by atoms with Crippen molar-refractivity contribution in [2.75, 3.05) is 20.1 Å². The van der Waals surface area contributed by atoms with Crippen molar-refractivity contribution >= 4 is 0 Å². The molecule has 5 heteroatoms. The first-order valence-electron chi connectivity index (χ1n) is 6.26. The standard InChI is InChI=1S/C12H25F3N2/c1-5-7-16-10(2)9-11(3)17(4)8-6-12(13,14)15/h10-11,16H,5-9H2,1-4H3. The van der Waals surface area contributed by atoms with Crippen molar-refractivity contribution in [2.24, 2.45) is 0 Å². The lowest BCUT2D eigenvalue weighted by atomic mass is 10.1. The summed E-state index contributed by atoms with van der Waals surface area (Å²) >= 11 is 0. The minimum Gasteiger partial charge on any atom is -0.314 e. The van der Waals surface area contributed by atoms with Crippen LogP contribution in [0.1, 0.15) is 40.0 Å². The Morgan fingerprint density at radius 3 is 2.29 bits per heavy atom. The molecule has 0 radical (unpaired) electrons. The van der Waals surface area contributed by atoms with Crippen LogP contribution in [0.15, 0.2) is 0 Å². The van der Waals surface area contributed by atoms with Gasteiger partial charge in [-0.05, 0) is 40.3 Å². The molecule has 0 rings (SSSR count). The highest BCUT2D eigenvalue weighted by Gasteiger charge is 2.28. The third-order valence-electron chi connectivity index (χ3n) is 2.94. The molecule has 2 atom stereocenters. The number of hydrogen-bond donors (Lipinski definition) is 1. The van der Waals surface area contributed by atoms with E-state index in [1.54, 1.807) is 11.9 Å². The molecule has 0 aliphatic heterocycles. The minimum atomic E-state index is -4.06. The van der Waals surface area contributed by atoms with Gasteiger partial charge in [0, 0.05) is 18.6 Å². The van der Waals surface area contributed by atoms with Crippen molar-refractivity contribution in [3.8, 4) is 0 Å². The van der Waals surface area contributed by atoms with Crippen LogP contribution in [0.3, 0.4) is 0 Å². The van der Waals surface area contributed by atoms with Crippen molar-refractivity contribution in [2.45, 2.75) is 58.3 Å². The Hall–Kier alpha value is -0.290. The first kappa shape index (κ1) is 16.7. The third kappa shape index (κ3) is 9.41. The van der Waals surface area contributed by atoms with Gasteiger partial charge in [-0.3, -0.25) is 0 Å². The molecule has 2 nitrogen and oxygen atoms in total. The SMILES string of the molecule is CCCNC(C)CC(C)N(C)CCC(F)(F)F.